The zero-order valence-electron chi connectivity index (χ0n) is 15.8. The highest BCUT2D eigenvalue weighted by Crippen LogP contribution is 2.32. The summed E-state index contributed by atoms with van der Waals surface area (Å²) < 4.78 is 10.9. The molecule has 0 atom stereocenters. The molecule has 8 nitrogen and oxygen atoms in total. The Kier molecular flexibility index (Phi) is 5.03. The van der Waals surface area contributed by atoms with Gasteiger partial charge in [-0.1, -0.05) is 12.1 Å². The van der Waals surface area contributed by atoms with Crippen LogP contribution in [0.25, 0.3) is 11.5 Å². The summed E-state index contributed by atoms with van der Waals surface area (Å²) in [7, 11) is 3.26. The maximum atomic E-state index is 12.7. The maximum Gasteiger partial charge on any atom is 0.255 e. The van der Waals surface area contributed by atoms with Gasteiger partial charge in [0.2, 0.25) is 0 Å². The highest BCUT2D eigenvalue weighted by Gasteiger charge is 2.23. The molecule has 28 heavy (non-hydrogen) atoms. The quantitative estimate of drug-likeness (QED) is 0.722. The summed E-state index contributed by atoms with van der Waals surface area (Å²) in [6.07, 6.45) is 5.45. The summed E-state index contributed by atoms with van der Waals surface area (Å²) >= 11 is 0. The molecule has 0 unspecified atom stereocenters. The predicted molar refractivity (Wildman–Crippen MR) is 103 cm³/mol. The average Bonchev–Trinajstić information content (AvgIpc) is 2.74. The third kappa shape index (κ3) is 3.46. The molecular formula is C20H21N5O3. The molecule has 0 spiro atoms. The fourth-order valence-corrected chi connectivity index (χ4v) is 3.48. The van der Waals surface area contributed by atoms with Crippen molar-refractivity contribution in [3.8, 4) is 23.0 Å². The van der Waals surface area contributed by atoms with Crippen LogP contribution in [0.5, 0.6) is 11.5 Å². The van der Waals surface area contributed by atoms with Crippen LogP contribution in [0.2, 0.25) is 0 Å². The number of benzene rings is 1. The zero-order valence-corrected chi connectivity index (χ0v) is 15.8. The van der Waals surface area contributed by atoms with E-state index in [0.717, 1.165) is 23.6 Å². The van der Waals surface area contributed by atoms with Crippen molar-refractivity contribution in [2.75, 3.05) is 20.8 Å². The number of para-hydroxylation sites is 1. The molecule has 1 aromatic carbocycles. The molecule has 0 aliphatic carbocycles. The number of hydrogen-bond donors (Lipinski definition) is 1. The molecule has 0 radical (unpaired) electrons. The molecule has 0 bridgehead atoms. The van der Waals surface area contributed by atoms with Crippen LogP contribution in [-0.2, 0) is 19.5 Å². The Morgan fingerprint density at radius 3 is 2.86 bits per heavy atom. The van der Waals surface area contributed by atoms with Crippen LogP contribution < -0.4 is 15.0 Å². The Morgan fingerprint density at radius 1 is 1.21 bits per heavy atom. The van der Waals surface area contributed by atoms with Crippen LogP contribution in [0.3, 0.4) is 0 Å². The molecule has 1 aliphatic rings. The van der Waals surface area contributed by atoms with E-state index in [1.165, 1.54) is 0 Å². The zero-order chi connectivity index (χ0) is 19.5. The van der Waals surface area contributed by atoms with Crippen LogP contribution in [0.1, 0.15) is 16.8 Å². The van der Waals surface area contributed by atoms with Gasteiger partial charge >= 0.3 is 0 Å². The minimum absolute atomic E-state index is 0.132. The number of nitrogens with zero attached hydrogens (tertiary/aromatic N) is 4. The first-order chi connectivity index (χ1) is 13.7. The number of hydrogen-bond acceptors (Lipinski definition) is 7. The fourth-order valence-electron chi connectivity index (χ4n) is 3.48. The van der Waals surface area contributed by atoms with E-state index >= 15 is 0 Å². The van der Waals surface area contributed by atoms with Gasteiger partial charge in [0.15, 0.2) is 17.3 Å². The van der Waals surface area contributed by atoms with E-state index in [-0.39, 0.29) is 5.56 Å². The van der Waals surface area contributed by atoms with Crippen LogP contribution in [-0.4, -0.2) is 45.6 Å². The van der Waals surface area contributed by atoms with Crippen LogP contribution in [0.15, 0.2) is 41.6 Å². The average molecular weight is 379 g/mol. The van der Waals surface area contributed by atoms with Crippen molar-refractivity contribution in [2.45, 2.75) is 19.5 Å². The van der Waals surface area contributed by atoms with E-state index in [0.29, 0.717) is 42.3 Å². The molecule has 4 rings (SSSR count). The summed E-state index contributed by atoms with van der Waals surface area (Å²) in [5.74, 6) is 1.88. The highest BCUT2D eigenvalue weighted by molar-refractivity contribution is 5.48. The lowest BCUT2D eigenvalue weighted by atomic mass is 10.1. The van der Waals surface area contributed by atoms with E-state index in [9.17, 15) is 4.79 Å². The van der Waals surface area contributed by atoms with Crippen molar-refractivity contribution >= 4 is 0 Å². The topological polar surface area (TPSA) is 93.2 Å². The molecule has 8 heteroatoms. The van der Waals surface area contributed by atoms with Gasteiger partial charge in [-0.15, -0.1) is 0 Å². The van der Waals surface area contributed by atoms with Gasteiger partial charge in [0.05, 0.1) is 31.7 Å². The SMILES string of the molecule is COc1cccc(CN2CCc3nc(-c4cnccn4)[nH]c(=O)c3C2)c1OC. The lowest BCUT2D eigenvalue weighted by Crippen LogP contribution is -2.35. The minimum Gasteiger partial charge on any atom is -0.493 e. The number of aromatic amines is 1. The maximum absolute atomic E-state index is 12.7. The first kappa shape index (κ1) is 18.1. The molecule has 144 valence electrons. The third-order valence-corrected chi connectivity index (χ3v) is 4.83. The molecule has 1 aliphatic heterocycles. The molecule has 3 aromatic rings. The molecule has 0 saturated heterocycles. The molecular weight excluding hydrogens is 358 g/mol. The number of rotatable bonds is 5. The van der Waals surface area contributed by atoms with Gasteiger partial charge in [0.25, 0.3) is 5.56 Å². The number of H-pyrrole nitrogens is 1. The predicted octanol–water partition coefficient (Wildman–Crippen LogP) is 1.80. The monoisotopic (exact) mass is 379 g/mol. The van der Waals surface area contributed by atoms with Crippen molar-refractivity contribution in [2.24, 2.45) is 0 Å². The van der Waals surface area contributed by atoms with Gasteiger partial charge in [0, 0.05) is 44.0 Å². The molecule has 0 saturated carbocycles. The van der Waals surface area contributed by atoms with Gasteiger partial charge < -0.3 is 14.5 Å². The first-order valence-electron chi connectivity index (χ1n) is 9.00. The number of fused-ring (bicyclic) bond motifs is 1. The second-order valence-corrected chi connectivity index (χ2v) is 6.54. The Balaban J connectivity index is 1.59. The second kappa shape index (κ2) is 7.77. The standard InChI is InChI=1S/C20H21N5O3/c1-27-17-5-3-4-13(18(17)28-2)11-25-9-6-15-14(12-25)20(26)24-19(23-15)16-10-21-7-8-22-16/h3-5,7-8,10H,6,9,11-12H2,1-2H3,(H,23,24,26). The summed E-state index contributed by atoms with van der Waals surface area (Å²) in [5, 5.41) is 0. The van der Waals surface area contributed by atoms with Crippen LogP contribution in [0, 0.1) is 0 Å². The number of aromatic nitrogens is 4. The van der Waals surface area contributed by atoms with Crippen LogP contribution >= 0.6 is 0 Å². The molecule has 2 aromatic heterocycles. The Bertz CT molecular complexity index is 1040. The molecule has 0 amide bonds. The van der Waals surface area contributed by atoms with Gasteiger partial charge in [-0.2, -0.15) is 0 Å². The highest BCUT2D eigenvalue weighted by atomic mass is 16.5. The van der Waals surface area contributed by atoms with Gasteiger partial charge in [-0.3, -0.25) is 14.7 Å². The van der Waals surface area contributed by atoms with E-state index < -0.39 is 0 Å². The Labute approximate surface area is 162 Å². The van der Waals surface area contributed by atoms with Crippen molar-refractivity contribution < 1.29 is 9.47 Å². The van der Waals surface area contributed by atoms with E-state index in [4.69, 9.17) is 9.47 Å². The van der Waals surface area contributed by atoms with E-state index in [2.05, 4.69) is 24.8 Å². The smallest absolute Gasteiger partial charge is 0.255 e. The normalized spacial score (nSPS) is 13.8. The fraction of sp³-hybridized carbons (Fsp3) is 0.300. The molecule has 1 N–H and O–H groups in total. The second-order valence-electron chi connectivity index (χ2n) is 6.54. The third-order valence-electron chi connectivity index (χ3n) is 4.83. The van der Waals surface area contributed by atoms with Crippen molar-refractivity contribution in [1.82, 2.24) is 24.8 Å². The number of nitrogens with one attached hydrogen (secondary N) is 1. The lowest BCUT2D eigenvalue weighted by Gasteiger charge is -2.28. The number of methoxy groups -OCH3 is 2. The Morgan fingerprint density at radius 2 is 2.11 bits per heavy atom. The summed E-state index contributed by atoms with van der Waals surface area (Å²) in [6, 6.07) is 5.82. The molecule has 3 heterocycles. The summed E-state index contributed by atoms with van der Waals surface area (Å²) in [4.78, 5) is 30.6. The van der Waals surface area contributed by atoms with Crippen molar-refractivity contribution in [3.63, 3.8) is 0 Å². The Hall–Kier alpha value is -3.26. The van der Waals surface area contributed by atoms with Crippen molar-refractivity contribution in [3.05, 3.63) is 64.0 Å². The summed E-state index contributed by atoms with van der Waals surface area (Å²) in [5.41, 5.74) is 2.96. The summed E-state index contributed by atoms with van der Waals surface area (Å²) in [6.45, 7) is 1.98. The van der Waals surface area contributed by atoms with E-state index in [1.807, 2.05) is 18.2 Å². The molecule has 0 fully saturated rings. The van der Waals surface area contributed by atoms with E-state index in [1.54, 1.807) is 32.8 Å². The first-order valence-corrected chi connectivity index (χ1v) is 9.00. The van der Waals surface area contributed by atoms with Crippen molar-refractivity contribution in [1.29, 1.82) is 0 Å². The van der Waals surface area contributed by atoms with Gasteiger partial charge in [-0.25, -0.2) is 9.97 Å². The van der Waals surface area contributed by atoms with Gasteiger partial charge in [0.1, 0.15) is 5.69 Å². The lowest BCUT2D eigenvalue weighted by molar-refractivity contribution is 0.237. The van der Waals surface area contributed by atoms with Crippen LogP contribution in [0.4, 0.5) is 0 Å². The number of ether oxygens (including phenoxy) is 2. The van der Waals surface area contributed by atoms with Gasteiger partial charge in [-0.05, 0) is 6.07 Å². The minimum atomic E-state index is -0.132. The largest absolute Gasteiger partial charge is 0.493 e.